The van der Waals surface area contributed by atoms with Gasteiger partial charge in [0.1, 0.15) is 0 Å². The summed E-state index contributed by atoms with van der Waals surface area (Å²) in [5.41, 5.74) is 4.02. The highest BCUT2D eigenvalue weighted by Gasteiger charge is 2.24. The van der Waals surface area contributed by atoms with Crippen LogP contribution in [-0.4, -0.2) is 44.1 Å². The minimum absolute atomic E-state index is 0.000570. The van der Waals surface area contributed by atoms with Gasteiger partial charge in [-0.15, -0.1) is 0 Å². The Morgan fingerprint density at radius 3 is 2.46 bits per heavy atom. The molecule has 0 aliphatic carbocycles. The fraction of sp³-hybridized carbons (Fsp3) is 0.273. The molecule has 2 amide bonds. The largest absolute Gasteiger partial charge is 0.450 e. The Morgan fingerprint density at radius 2 is 1.75 bits per heavy atom. The molecular weight excluding hydrogens is 354 g/mol. The predicted molar refractivity (Wildman–Crippen MR) is 113 cm³/mol. The number of hydrogen-bond donors (Lipinski definition) is 1. The third kappa shape index (κ3) is 4.40. The number of carbonyl (C=O) groups is 2. The van der Waals surface area contributed by atoms with Crippen LogP contribution < -0.4 is 10.2 Å². The molecule has 0 radical (unpaired) electrons. The SMILES string of the molecule is CCOC(=O)Nc1ccc2c(c1)N(C(=O)CCN(C)C)c1ccccc1C=C2. The van der Waals surface area contributed by atoms with Crippen LogP contribution in [0.25, 0.3) is 12.2 Å². The Morgan fingerprint density at radius 1 is 1.04 bits per heavy atom. The van der Waals surface area contributed by atoms with E-state index >= 15 is 0 Å². The number of anilines is 3. The molecule has 0 unspecified atom stereocenters. The summed E-state index contributed by atoms with van der Waals surface area (Å²) in [5, 5.41) is 2.72. The summed E-state index contributed by atoms with van der Waals surface area (Å²) < 4.78 is 4.96. The second-order valence-electron chi connectivity index (χ2n) is 6.79. The molecule has 1 aliphatic heterocycles. The number of rotatable bonds is 5. The van der Waals surface area contributed by atoms with Gasteiger partial charge in [0, 0.05) is 18.7 Å². The molecule has 0 fully saturated rings. The minimum atomic E-state index is -0.516. The number of para-hydroxylation sites is 1. The number of fused-ring (bicyclic) bond motifs is 2. The molecule has 0 saturated heterocycles. The summed E-state index contributed by atoms with van der Waals surface area (Å²) in [6.07, 6.45) is 3.86. The van der Waals surface area contributed by atoms with Gasteiger partial charge in [-0.1, -0.05) is 36.4 Å². The highest BCUT2D eigenvalue weighted by Crippen LogP contribution is 2.38. The second-order valence-corrected chi connectivity index (χ2v) is 6.79. The molecule has 1 heterocycles. The molecule has 1 aliphatic rings. The first kappa shape index (κ1) is 19.6. The van der Waals surface area contributed by atoms with Crippen LogP contribution in [-0.2, 0) is 9.53 Å². The third-order valence-corrected chi connectivity index (χ3v) is 4.44. The van der Waals surface area contributed by atoms with Crippen LogP contribution in [0.4, 0.5) is 21.9 Å². The monoisotopic (exact) mass is 379 g/mol. The molecule has 0 atom stereocenters. The minimum Gasteiger partial charge on any atom is -0.450 e. The summed E-state index contributed by atoms with van der Waals surface area (Å²) in [4.78, 5) is 28.7. The summed E-state index contributed by atoms with van der Waals surface area (Å²) >= 11 is 0. The maximum absolute atomic E-state index is 13.2. The van der Waals surface area contributed by atoms with Gasteiger partial charge in [0.15, 0.2) is 0 Å². The number of amides is 2. The van der Waals surface area contributed by atoms with E-state index in [4.69, 9.17) is 4.74 Å². The topological polar surface area (TPSA) is 61.9 Å². The van der Waals surface area contributed by atoms with Crippen LogP contribution in [0.2, 0.25) is 0 Å². The molecule has 3 rings (SSSR count). The molecule has 2 aromatic carbocycles. The maximum atomic E-state index is 13.2. The van der Waals surface area contributed by atoms with Gasteiger partial charge in [0.05, 0.1) is 18.0 Å². The van der Waals surface area contributed by atoms with Crippen LogP contribution >= 0.6 is 0 Å². The molecule has 2 aromatic rings. The van der Waals surface area contributed by atoms with Gasteiger partial charge in [-0.25, -0.2) is 4.79 Å². The average molecular weight is 379 g/mol. The first-order valence-corrected chi connectivity index (χ1v) is 9.32. The Bertz CT molecular complexity index is 906. The molecule has 28 heavy (non-hydrogen) atoms. The maximum Gasteiger partial charge on any atom is 0.411 e. The molecule has 6 nitrogen and oxygen atoms in total. The van der Waals surface area contributed by atoms with Gasteiger partial charge >= 0.3 is 6.09 Å². The van der Waals surface area contributed by atoms with Crippen molar-refractivity contribution in [3.63, 3.8) is 0 Å². The van der Waals surface area contributed by atoms with E-state index in [0.717, 1.165) is 22.5 Å². The van der Waals surface area contributed by atoms with Gasteiger partial charge in [0.2, 0.25) is 5.91 Å². The Hall–Kier alpha value is -3.12. The number of benzene rings is 2. The van der Waals surface area contributed by atoms with E-state index in [0.29, 0.717) is 25.3 Å². The summed E-state index contributed by atoms with van der Waals surface area (Å²) in [7, 11) is 3.89. The summed E-state index contributed by atoms with van der Waals surface area (Å²) in [5.74, 6) is -0.000570. The van der Waals surface area contributed by atoms with Crippen LogP contribution in [0.15, 0.2) is 42.5 Å². The first-order chi connectivity index (χ1) is 13.5. The van der Waals surface area contributed by atoms with E-state index in [-0.39, 0.29) is 5.91 Å². The van der Waals surface area contributed by atoms with Gasteiger partial charge in [0.25, 0.3) is 0 Å². The Balaban J connectivity index is 2.03. The van der Waals surface area contributed by atoms with Crippen molar-refractivity contribution in [2.45, 2.75) is 13.3 Å². The van der Waals surface area contributed by atoms with E-state index < -0.39 is 6.09 Å². The Labute approximate surface area is 165 Å². The molecule has 146 valence electrons. The number of nitrogens with zero attached hydrogens (tertiary/aromatic N) is 2. The van der Waals surface area contributed by atoms with E-state index in [1.165, 1.54) is 0 Å². The molecule has 6 heteroatoms. The highest BCUT2D eigenvalue weighted by atomic mass is 16.5. The zero-order valence-electron chi connectivity index (χ0n) is 16.4. The number of carbonyl (C=O) groups excluding carboxylic acids is 2. The molecule has 0 aromatic heterocycles. The molecular formula is C22H25N3O3. The lowest BCUT2D eigenvalue weighted by molar-refractivity contribution is -0.118. The van der Waals surface area contributed by atoms with Crippen LogP contribution in [0.5, 0.6) is 0 Å². The molecule has 0 spiro atoms. The lowest BCUT2D eigenvalue weighted by atomic mass is 10.1. The van der Waals surface area contributed by atoms with E-state index in [1.807, 2.05) is 67.5 Å². The number of nitrogens with one attached hydrogen (secondary N) is 1. The van der Waals surface area contributed by atoms with Crippen molar-refractivity contribution in [2.24, 2.45) is 0 Å². The standard InChI is InChI=1S/C22H25N3O3/c1-4-28-22(27)23-18-12-11-17-10-9-16-7-5-6-8-19(16)25(20(17)15-18)21(26)13-14-24(2)3/h5-12,15H,4,13-14H2,1-3H3,(H,23,27). The van der Waals surface area contributed by atoms with E-state index in [1.54, 1.807) is 17.9 Å². The summed E-state index contributed by atoms with van der Waals surface area (Å²) in [6.45, 7) is 2.70. The fourth-order valence-electron chi connectivity index (χ4n) is 3.08. The zero-order valence-corrected chi connectivity index (χ0v) is 16.4. The van der Waals surface area contributed by atoms with Crippen LogP contribution in [0.1, 0.15) is 24.5 Å². The van der Waals surface area contributed by atoms with Crippen molar-refractivity contribution in [3.05, 3.63) is 53.6 Å². The quantitative estimate of drug-likeness (QED) is 0.839. The number of ether oxygens (including phenoxy) is 1. The van der Waals surface area contributed by atoms with E-state index in [2.05, 4.69) is 5.32 Å². The predicted octanol–water partition coefficient (Wildman–Crippen LogP) is 4.36. The van der Waals surface area contributed by atoms with Crippen LogP contribution in [0, 0.1) is 0 Å². The lowest BCUT2D eigenvalue weighted by Gasteiger charge is -2.26. The number of hydrogen-bond acceptors (Lipinski definition) is 4. The normalized spacial score (nSPS) is 12.2. The van der Waals surface area contributed by atoms with Crippen molar-refractivity contribution in [1.82, 2.24) is 4.90 Å². The van der Waals surface area contributed by atoms with Crippen LogP contribution in [0.3, 0.4) is 0 Å². The zero-order chi connectivity index (χ0) is 20.1. The van der Waals surface area contributed by atoms with Crippen molar-refractivity contribution < 1.29 is 14.3 Å². The van der Waals surface area contributed by atoms with Crippen molar-refractivity contribution in [3.8, 4) is 0 Å². The Kier molecular flexibility index (Phi) is 6.11. The first-order valence-electron chi connectivity index (χ1n) is 9.32. The van der Waals surface area contributed by atoms with Gasteiger partial charge in [-0.2, -0.15) is 0 Å². The average Bonchev–Trinajstić information content (AvgIpc) is 2.83. The fourth-order valence-corrected chi connectivity index (χ4v) is 3.08. The van der Waals surface area contributed by atoms with E-state index in [9.17, 15) is 9.59 Å². The van der Waals surface area contributed by atoms with Gasteiger partial charge in [-0.05, 0) is 50.3 Å². The smallest absolute Gasteiger partial charge is 0.411 e. The van der Waals surface area contributed by atoms with Gasteiger partial charge in [-0.3, -0.25) is 15.0 Å². The second kappa shape index (κ2) is 8.71. The molecule has 0 saturated carbocycles. The highest BCUT2D eigenvalue weighted by molar-refractivity contribution is 6.07. The molecule has 1 N–H and O–H groups in total. The molecule has 0 bridgehead atoms. The third-order valence-electron chi connectivity index (χ3n) is 4.44. The van der Waals surface area contributed by atoms with Crippen molar-refractivity contribution in [2.75, 3.05) is 37.5 Å². The summed E-state index contributed by atoms with van der Waals surface area (Å²) in [6, 6.07) is 13.3. The lowest BCUT2D eigenvalue weighted by Crippen LogP contribution is -2.30. The van der Waals surface area contributed by atoms with Crippen molar-refractivity contribution in [1.29, 1.82) is 0 Å². The van der Waals surface area contributed by atoms with Crippen molar-refractivity contribution >= 4 is 41.2 Å². The van der Waals surface area contributed by atoms with Gasteiger partial charge < -0.3 is 9.64 Å².